The fraction of sp³-hybridized carbons (Fsp3) is 0.222. The van der Waals surface area contributed by atoms with Gasteiger partial charge in [0, 0.05) is 11.5 Å². The van der Waals surface area contributed by atoms with Crippen LogP contribution in [0.3, 0.4) is 0 Å². The third-order valence-corrected chi connectivity index (χ3v) is 2.71. The normalized spacial score (nSPS) is 11.9. The molecular weight excluding hydrogens is 234 g/mol. The highest BCUT2D eigenvalue weighted by Crippen LogP contribution is 2.24. The van der Waals surface area contributed by atoms with Crippen LogP contribution in [0.2, 0.25) is 0 Å². The molecule has 16 heavy (non-hydrogen) atoms. The Morgan fingerprint density at radius 1 is 1.50 bits per heavy atom. The molecule has 0 spiro atoms. The maximum atomic E-state index is 10.7. The summed E-state index contributed by atoms with van der Waals surface area (Å²) in [6.07, 6.45) is 0. The SMILES string of the molecule is COc1ccc2c(CS(=O)(=O)O)noc2c1. The van der Waals surface area contributed by atoms with Crippen molar-refractivity contribution in [2.45, 2.75) is 5.75 Å². The molecule has 1 N–H and O–H groups in total. The molecule has 2 rings (SSSR count). The number of hydrogen-bond donors (Lipinski definition) is 1. The fourth-order valence-corrected chi connectivity index (χ4v) is 1.93. The predicted molar refractivity (Wildman–Crippen MR) is 55.8 cm³/mol. The average molecular weight is 243 g/mol. The first kappa shape index (κ1) is 10.9. The molecule has 6 nitrogen and oxygen atoms in total. The van der Waals surface area contributed by atoms with E-state index < -0.39 is 15.9 Å². The molecule has 0 amide bonds. The Bertz CT molecular complexity index is 616. The minimum Gasteiger partial charge on any atom is -0.497 e. The molecule has 0 atom stereocenters. The molecule has 0 bridgehead atoms. The zero-order valence-corrected chi connectivity index (χ0v) is 9.19. The van der Waals surface area contributed by atoms with E-state index in [9.17, 15) is 8.42 Å². The van der Waals surface area contributed by atoms with Crippen LogP contribution in [0.4, 0.5) is 0 Å². The minimum atomic E-state index is -4.11. The Kier molecular flexibility index (Phi) is 2.56. The second kappa shape index (κ2) is 3.76. The van der Waals surface area contributed by atoms with E-state index in [0.717, 1.165) is 0 Å². The van der Waals surface area contributed by atoms with E-state index in [1.807, 2.05) is 0 Å². The van der Waals surface area contributed by atoms with Crippen molar-refractivity contribution in [3.05, 3.63) is 23.9 Å². The van der Waals surface area contributed by atoms with E-state index in [1.165, 1.54) is 7.11 Å². The Hall–Kier alpha value is -1.60. The van der Waals surface area contributed by atoms with Gasteiger partial charge in [0.1, 0.15) is 17.2 Å². The summed E-state index contributed by atoms with van der Waals surface area (Å²) in [5.74, 6) is 0.0221. The largest absolute Gasteiger partial charge is 0.497 e. The number of benzene rings is 1. The second-order valence-corrected chi connectivity index (χ2v) is 4.67. The fourth-order valence-electron chi connectivity index (χ4n) is 1.37. The van der Waals surface area contributed by atoms with E-state index >= 15 is 0 Å². The molecule has 1 aromatic carbocycles. The van der Waals surface area contributed by atoms with Gasteiger partial charge >= 0.3 is 0 Å². The van der Waals surface area contributed by atoms with Crippen molar-refractivity contribution in [2.75, 3.05) is 7.11 Å². The van der Waals surface area contributed by atoms with Crippen LogP contribution in [-0.4, -0.2) is 25.2 Å². The van der Waals surface area contributed by atoms with Gasteiger partial charge in [-0.05, 0) is 12.1 Å². The second-order valence-electron chi connectivity index (χ2n) is 3.22. The van der Waals surface area contributed by atoms with Gasteiger partial charge in [-0.1, -0.05) is 5.16 Å². The maximum absolute atomic E-state index is 10.7. The lowest BCUT2D eigenvalue weighted by Crippen LogP contribution is -2.01. The van der Waals surface area contributed by atoms with Gasteiger partial charge in [0.2, 0.25) is 0 Å². The summed E-state index contributed by atoms with van der Waals surface area (Å²) in [6, 6.07) is 4.88. The number of hydrogen-bond acceptors (Lipinski definition) is 5. The summed E-state index contributed by atoms with van der Waals surface area (Å²) in [5, 5.41) is 4.13. The monoisotopic (exact) mass is 243 g/mol. The standard InChI is InChI=1S/C9H9NO5S/c1-14-6-2-3-7-8(5-16(11,12)13)10-15-9(7)4-6/h2-4H,5H2,1H3,(H,11,12,13). The highest BCUT2D eigenvalue weighted by atomic mass is 32.2. The van der Waals surface area contributed by atoms with Gasteiger partial charge in [0.15, 0.2) is 5.58 Å². The average Bonchev–Trinajstić information content (AvgIpc) is 2.58. The summed E-state index contributed by atoms with van der Waals surface area (Å²) in [4.78, 5) is 0. The zero-order chi connectivity index (χ0) is 11.8. The Balaban J connectivity index is 2.50. The van der Waals surface area contributed by atoms with Crippen molar-refractivity contribution >= 4 is 21.1 Å². The number of methoxy groups -OCH3 is 1. The lowest BCUT2D eigenvalue weighted by Gasteiger charge is -1.97. The Morgan fingerprint density at radius 2 is 2.25 bits per heavy atom. The maximum Gasteiger partial charge on any atom is 0.270 e. The van der Waals surface area contributed by atoms with Crippen molar-refractivity contribution in [3.8, 4) is 5.75 Å². The van der Waals surface area contributed by atoms with Crippen LogP contribution < -0.4 is 4.74 Å². The molecule has 0 aliphatic rings. The van der Waals surface area contributed by atoms with E-state index in [0.29, 0.717) is 16.7 Å². The van der Waals surface area contributed by atoms with Gasteiger partial charge in [-0.3, -0.25) is 4.55 Å². The van der Waals surface area contributed by atoms with Gasteiger partial charge in [-0.15, -0.1) is 0 Å². The van der Waals surface area contributed by atoms with Crippen LogP contribution in [-0.2, 0) is 15.9 Å². The summed E-state index contributed by atoms with van der Waals surface area (Å²) in [6.45, 7) is 0. The smallest absolute Gasteiger partial charge is 0.270 e. The lowest BCUT2D eigenvalue weighted by molar-refractivity contribution is 0.411. The van der Waals surface area contributed by atoms with E-state index in [4.69, 9.17) is 13.8 Å². The van der Waals surface area contributed by atoms with Gasteiger partial charge in [0.05, 0.1) is 7.11 Å². The summed E-state index contributed by atoms with van der Waals surface area (Å²) in [7, 11) is -2.60. The number of fused-ring (bicyclic) bond motifs is 1. The van der Waals surface area contributed by atoms with Crippen LogP contribution in [0.25, 0.3) is 11.0 Å². The topological polar surface area (TPSA) is 89.6 Å². The van der Waals surface area contributed by atoms with E-state index in [1.54, 1.807) is 18.2 Å². The summed E-state index contributed by atoms with van der Waals surface area (Å²) in [5.41, 5.74) is 0.596. The molecule has 1 heterocycles. The zero-order valence-electron chi connectivity index (χ0n) is 8.37. The van der Waals surface area contributed by atoms with Crippen molar-refractivity contribution in [2.24, 2.45) is 0 Å². The lowest BCUT2D eigenvalue weighted by atomic mass is 10.2. The molecule has 0 aliphatic heterocycles. The number of nitrogens with zero attached hydrogens (tertiary/aromatic N) is 1. The van der Waals surface area contributed by atoms with Crippen molar-refractivity contribution < 1.29 is 22.2 Å². The van der Waals surface area contributed by atoms with Crippen LogP contribution >= 0.6 is 0 Å². The molecule has 0 saturated heterocycles. The predicted octanol–water partition coefficient (Wildman–Crippen LogP) is 1.22. The quantitative estimate of drug-likeness (QED) is 0.815. The van der Waals surface area contributed by atoms with Crippen molar-refractivity contribution in [3.63, 3.8) is 0 Å². The number of aromatic nitrogens is 1. The summed E-state index contributed by atoms with van der Waals surface area (Å²) < 4.78 is 40.1. The molecular formula is C9H9NO5S. The highest BCUT2D eigenvalue weighted by Gasteiger charge is 2.15. The molecule has 0 radical (unpaired) electrons. The van der Waals surface area contributed by atoms with Gasteiger partial charge in [-0.25, -0.2) is 0 Å². The molecule has 0 unspecified atom stereocenters. The van der Waals surface area contributed by atoms with E-state index in [2.05, 4.69) is 5.16 Å². The van der Waals surface area contributed by atoms with Gasteiger partial charge in [0.25, 0.3) is 10.1 Å². The summed E-state index contributed by atoms with van der Waals surface area (Å²) >= 11 is 0. The molecule has 7 heteroatoms. The van der Waals surface area contributed by atoms with Gasteiger partial charge < -0.3 is 9.26 Å². The van der Waals surface area contributed by atoms with Crippen molar-refractivity contribution in [1.29, 1.82) is 0 Å². The highest BCUT2D eigenvalue weighted by molar-refractivity contribution is 7.85. The number of rotatable bonds is 3. The molecule has 0 fully saturated rings. The van der Waals surface area contributed by atoms with Crippen LogP contribution in [0.1, 0.15) is 5.69 Å². The van der Waals surface area contributed by atoms with Crippen LogP contribution in [0.15, 0.2) is 22.7 Å². The first-order valence-corrected chi connectivity index (χ1v) is 5.98. The Morgan fingerprint density at radius 3 is 2.88 bits per heavy atom. The number of ether oxygens (including phenoxy) is 1. The van der Waals surface area contributed by atoms with E-state index in [-0.39, 0.29) is 5.69 Å². The molecule has 0 saturated carbocycles. The Labute approximate surface area is 91.6 Å². The minimum absolute atomic E-state index is 0.181. The van der Waals surface area contributed by atoms with Crippen molar-refractivity contribution in [1.82, 2.24) is 5.16 Å². The molecule has 2 aromatic rings. The van der Waals surface area contributed by atoms with Crippen LogP contribution in [0.5, 0.6) is 5.75 Å². The third-order valence-electron chi connectivity index (χ3n) is 2.07. The molecule has 1 aromatic heterocycles. The molecule has 0 aliphatic carbocycles. The molecule has 86 valence electrons. The van der Waals surface area contributed by atoms with Gasteiger partial charge in [-0.2, -0.15) is 8.42 Å². The first-order valence-electron chi connectivity index (χ1n) is 4.37. The van der Waals surface area contributed by atoms with Crippen LogP contribution in [0, 0.1) is 0 Å². The third kappa shape index (κ3) is 2.15. The first-order chi connectivity index (χ1) is 7.49.